The van der Waals surface area contributed by atoms with Gasteiger partial charge in [-0.25, -0.2) is 0 Å². The number of ether oxygens (including phenoxy) is 1. The number of carbonyl (C=O) groups excluding carboxylic acids is 1. The molecule has 3 aromatic rings. The molecule has 0 unspecified atom stereocenters. The standard InChI is InChI=1S/C37H50ClN5O3/c1-7-43(30-10-14-41(5)15-11-30)35-21-29(27-8-9-28(34(38)20-27)23-42-16-12-31(46-6)13-17-42)19-32(26(35)4)36(44)39-22-33-24(2)18-25(3)40-37(33)45/h8-9,18-21,30-31H,7,10-17,22-23H2,1-6H3,(H,39,44)(H,40,45). The van der Waals surface area contributed by atoms with Crippen molar-refractivity contribution in [1.29, 1.82) is 0 Å². The van der Waals surface area contributed by atoms with Crippen molar-refractivity contribution in [2.75, 3.05) is 51.8 Å². The Balaban J connectivity index is 1.47. The molecule has 2 fully saturated rings. The van der Waals surface area contributed by atoms with Gasteiger partial charge >= 0.3 is 0 Å². The lowest BCUT2D eigenvalue weighted by Crippen LogP contribution is -2.44. The summed E-state index contributed by atoms with van der Waals surface area (Å²) in [6.07, 6.45) is 4.56. The van der Waals surface area contributed by atoms with Crippen LogP contribution >= 0.6 is 11.6 Å². The van der Waals surface area contributed by atoms with E-state index >= 15 is 0 Å². The third-order valence-corrected chi connectivity index (χ3v) is 10.3. The first-order valence-electron chi connectivity index (χ1n) is 16.7. The lowest BCUT2D eigenvalue weighted by molar-refractivity contribution is 0.0389. The highest BCUT2D eigenvalue weighted by Gasteiger charge is 2.26. The van der Waals surface area contributed by atoms with Crippen LogP contribution in [0.2, 0.25) is 5.02 Å². The molecule has 0 spiro atoms. The van der Waals surface area contributed by atoms with Gasteiger partial charge in [0.25, 0.3) is 11.5 Å². The second-order valence-corrected chi connectivity index (χ2v) is 13.5. The number of pyridine rings is 1. The van der Waals surface area contributed by atoms with Crippen molar-refractivity contribution in [3.8, 4) is 11.1 Å². The number of piperidine rings is 2. The Morgan fingerprint density at radius 2 is 1.74 bits per heavy atom. The van der Waals surface area contributed by atoms with Gasteiger partial charge in [-0.3, -0.25) is 14.5 Å². The molecule has 2 aliphatic heterocycles. The van der Waals surface area contributed by atoms with Gasteiger partial charge in [0.1, 0.15) is 0 Å². The Morgan fingerprint density at radius 1 is 1.02 bits per heavy atom. The van der Waals surface area contributed by atoms with E-state index in [4.69, 9.17) is 16.3 Å². The first-order valence-corrected chi connectivity index (χ1v) is 17.1. The smallest absolute Gasteiger partial charge is 0.253 e. The number of hydrogen-bond acceptors (Lipinski definition) is 6. The Kier molecular flexibility index (Phi) is 11.3. The maximum atomic E-state index is 13.9. The number of aromatic nitrogens is 1. The Labute approximate surface area is 279 Å². The average molecular weight is 648 g/mol. The second-order valence-electron chi connectivity index (χ2n) is 13.1. The van der Waals surface area contributed by atoms with Crippen LogP contribution in [-0.4, -0.2) is 79.7 Å². The third kappa shape index (κ3) is 7.85. The fourth-order valence-corrected chi connectivity index (χ4v) is 7.34. The molecule has 0 radical (unpaired) electrons. The largest absolute Gasteiger partial charge is 0.381 e. The summed E-state index contributed by atoms with van der Waals surface area (Å²) in [6, 6.07) is 12.8. The van der Waals surface area contributed by atoms with Crippen LogP contribution in [0.25, 0.3) is 11.1 Å². The summed E-state index contributed by atoms with van der Waals surface area (Å²) in [5, 5.41) is 3.79. The summed E-state index contributed by atoms with van der Waals surface area (Å²) in [6.45, 7) is 13.9. The molecular weight excluding hydrogens is 598 g/mol. The van der Waals surface area contributed by atoms with E-state index in [1.807, 2.05) is 39.0 Å². The van der Waals surface area contributed by atoms with E-state index in [2.05, 4.69) is 57.2 Å². The normalized spacial score (nSPS) is 16.9. The lowest BCUT2D eigenvalue weighted by atomic mass is 9.94. The molecule has 2 aromatic carbocycles. The van der Waals surface area contributed by atoms with Crippen molar-refractivity contribution >= 4 is 23.2 Å². The van der Waals surface area contributed by atoms with Gasteiger partial charge in [-0.1, -0.05) is 23.7 Å². The Morgan fingerprint density at radius 3 is 2.37 bits per heavy atom. The monoisotopic (exact) mass is 647 g/mol. The lowest BCUT2D eigenvalue weighted by Gasteiger charge is -2.39. The van der Waals surface area contributed by atoms with Crippen LogP contribution in [0.5, 0.6) is 0 Å². The Hall–Kier alpha value is -3.17. The van der Waals surface area contributed by atoms with Crippen LogP contribution in [0.1, 0.15) is 70.9 Å². The number of benzene rings is 2. The molecule has 8 nitrogen and oxygen atoms in total. The number of H-pyrrole nitrogens is 1. The van der Waals surface area contributed by atoms with E-state index in [9.17, 15) is 9.59 Å². The van der Waals surface area contributed by atoms with E-state index in [1.165, 1.54) is 0 Å². The van der Waals surface area contributed by atoms with Crippen LogP contribution in [0.15, 0.2) is 41.2 Å². The number of rotatable bonds is 10. The molecule has 0 bridgehead atoms. The number of carbonyl (C=O) groups is 1. The average Bonchev–Trinajstić information content (AvgIpc) is 3.03. The summed E-state index contributed by atoms with van der Waals surface area (Å²) >= 11 is 6.93. The highest BCUT2D eigenvalue weighted by Crippen LogP contribution is 2.35. The number of methoxy groups -OCH3 is 1. The highest BCUT2D eigenvalue weighted by molar-refractivity contribution is 6.31. The highest BCUT2D eigenvalue weighted by atomic mass is 35.5. The predicted octanol–water partition coefficient (Wildman–Crippen LogP) is 6.08. The van der Waals surface area contributed by atoms with E-state index < -0.39 is 0 Å². The number of nitrogens with one attached hydrogen (secondary N) is 2. The summed E-state index contributed by atoms with van der Waals surface area (Å²) in [5.41, 5.74) is 7.74. The fourth-order valence-electron chi connectivity index (χ4n) is 7.10. The van der Waals surface area contributed by atoms with E-state index in [0.29, 0.717) is 23.3 Å². The van der Waals surface area contributed by atoms with Crippen LogP contribution in [0, 0.1) is 20.8 Å². The molecule has 5 rings (SSSR count). The van der Waals surface area contributed by atoms with Crippen LogP contribution in [0.4, 0.5) is 5.69 Å². The van der Waals surface area contributed by atoms with Crippen molar-refractivity contribution in [3.05, 3.63) is 85.3 Å². The van der Waals surface area contributed by atoms with E-state index in [0.717, 1.165) is 109 Å². The fraction of sp³-hybridized carbons (Fsp3) is 0.514. The molecule has 0 atom stereocenters. The molecular formula is C37H50ClN5O3. The number of likely N-dealkylation sites (tertiary alicyclic amines) is 2. The maximum absolute atomic E-state index is 13.9. The quantitative estimate of drug-likeness (QED) is 0.278. The number of aromatic amines is 1. The first kappa shape index (κ1) is 34.2. The molecule has 1 aromatic heterocycles. The zero-order valence-electron chi connectivity index (χ0n) is 28.3. The van der Waals surface area contributed by atoms with Crippen molar-refractivity contribution in [3.63, 3.8) is 0 Å². The molecule has 2 N–H and O–H groups in total. The SMILES string of the molecule is CCN(c1cc(-c2ccc(CN3CCC(OC)CC3)c(Cl)c2)cc(C(=O)NCc2c(C)cc(C)[nH]c2=O)c1C)C1CCN(C)CC1. The molecule has 0 saturated carbocycles. The van der Waals surface area contributed by atoms with Gasteiger partial charge in [0, 0.05) is 73.4 Å². The third-order valence-electron chi connectivity index (χ3n) is 9.97. The molecule has 0 aliphatic carbocycles. The van der Waals surface area contributed by atoms with E-state index in [1.54, 1.807) is 7.11 Å². The summed E-state index contributed by atoms with van der Waals surface area (Å²) in [7, 11) is 3.97. The molecule has 3 heterocycles. The van der Waals surface area contributed by atoms with Crippen molar-refractivity contribution < 1.29 is 9.53 Å². The van der Waals surface area contributed by atoms with Crippen molar-refractivity contribution in [2.45, 2.75) is 78.6 Å². The molecule has 46 heavy (non-hydrogen) atoms. The molecule has 248 valence electrons. The predicted molar refractivity (Wildman–Crippen MR) is 188 cm³/mol. The zero-order chi connectivity index (χ0) is 33.0. The van der Waals surface area contributed by atoms with Crippen molar-refractivity contribution in [1.82, 2.24) is 20.1 Å². The van der Waals surface area contributed by atoms with Gasteiger partial charge < -0.3 is 24.8 Å². The minimum Gasteiger partial charge on any atom is -0.381 e. The minimum atomic E-state index is -0.193. The molecule has 2 aliphatic rings. The maximum Gasteiger partial charge on any atom is 0.253 e. The van der Waals surface area contributed by atoms with Crippen LogP contribution in [-0.2, 0) is 17.8 Å². The van der Waals surface area contributed by atoms with Gasteiger partial charge in [0.2, 0.25) is 0 Å². The minimum absolute atomic E-state index is 0.161. The van der Waals surface area contributed by atoms with Crippen LogP contribution < -0.4 is 15.8 Å². The first-order chi connectivity index (χ1) is 22.1. The number of amides is 1. The number of halogens is 1. The number of aryl methyl sites for hydroxylation is 2. The number of anilines is 1. The molecule has 2 saturated heterocycles. The number of hydrogen-bond donors (Lipinski definition) is 2. The summed E-state index contributed by atoms with van der Waals surface area (Å²) < 4.78 is 5.54. The summed E-state index contributed by atoms with van der Waals surface area (Å²) in [5.74, 6) is -0.193. The zero-order valence-corrected chi connectivity index (χ0v) is 29.1. The van der Waals surface area contributed by atoms with Crippen molar-refractivity contribution in [2.24, 2.45) is 0 Å². The van der Waals surface area contributed by atoms with Gasteiger partial charge in [0.15, 0.2) is 0 Å². The molecule has 9 heteroatoms. The van der Waals surface area contributed by atoms with Crippen LogP contribution in [0.3, 0.4) is 0 Å². The Bertz CT molecular complexity index is 1590. The topological polar surface area (TPSA) is 80.9 Å². The summed E-state index contributed by atoms with van der Waals surface area (Å²) in [4.78, 5) is 36.7. The van der Waals surface area contributed by atoms with Gasteiger partial charge in [-0.2, -0.15) is 0 Å². The number of nitrogens with zero attached hydrogens (tertiary/aromatic N) is 3. The van der Waals surface area contributed by atoms with Gasteiger partial charge in [-0.15, -0.1) is 0 Å². The molecule has 1 amide bonds. The second kappa shape index (κ2) is 15.2. The van der Waals surface area contributed by atoms with Gasteiger partial charge in [-0.05, 0) is 126 Å². The van der Waals surface area contributed by atoms with E-state index in [-0.39, 0.29) is 18.0 Å². The van der Waals surface area contributed by atoms with Gasteiger partial charge in [0.05, 0.1) is 6.10 Å².